The molecule has 1 fully saturated rings. The molecule has 3 rings (SSSR count). The number of para-hydroxylation sites is 1. The Morgan fingerprint density at radius 1 is 1.35 bits per heavy atom. The summed E-state index contributed by atoms with van der Waals surface area (Å²) in [4.78, 5) is 13.8. The molecule has 0 radical (unpaired) electrons. The largest absolute Gasteiger partial charge is 0.406 e. The average Bonchev–Trinajstić information content (AvgIpc) is 3.37. The summed E-state index contributed by atoms with van der Waals surface area (Å²) in [5, 5.41) is 4.28. The molecule has 26 heavy (non-hydrogen) atoms. The minimum Gasteiger partial charge on any atom is -0.326 e. The summed E-state index contributed by atoms with van der Waals surface area (Å²) in [7, 11) is 0. The maximum absolute atomic E-state index is 13.0. The minimum atomic E-state index is -4.48. The molecule has 1 aromatic carbocycles. The third-order valence-electron chi connectivity index (χ3n) is 4.63. The number of benzene rings is 1. The van der Waals surface area contributed by atoms with Gasteiger partial charge in [-0.05, 0) is 44.7 Å². The van der Waals surface area contributed by atoms with Crippen molar-refractivity contribution in [2.75, 3.05) is 6.54 Å². The Balaban J connectivity index is 1.98. The van der Waals surface area contributed by atoms with Gasteiger partial charge in [0.25, 0.3) is 5.91 Å². The van der Waals surface area contributed by atoms with Gasteiger partial charge in [0.1, 0.15) is 11.7 Å². The lowest BCUT2D eigenvalue weighted by atomic mass is 10.1. The summed E-state index contributed by atoms with van der Waals surface area (Å²) >= 11 is 6.35. The molecule has 1 aliphatic rings. The van der Waals surface area contributed by atoms with E-state index in [1.807, 2.05) is 6.07 Å². The van der Waals surface area contributed by atoms with Gasteiger partial charge in [0.2, 0.25) is 0 Å². The Morgan fingerprint density at radius 2 is 1.96 bits per heavy atom. The number of amides is 1. The molecule has 0 saturated heterocycles. The first kappa shape index (κ1) is 18.8. The van der Waals surface area contributed by atoms with Crippen LogP contribution in [0.3, 0.4) is 0 Å². The highest BCUT2D eigenvalue weighted by molar-refractivity contribution is 6.33. The number of alkyl halides is 3. The maximum atomic E-state index is 13.0. The second-order valence-corrected chi connectivity index (χ2v) is 6.98. The molecule has 0 spiro atoms. The number of aryl methyl sites for hydroxylation is 1. The van der Waals surface area contributed by atoms with E-state index in [2.05, 4.69) is 5.10 Å². The second-order valence-electron chi connectivity index (χ2n) is 6.62. The molecule has 0 unspecified atom stereocenters. The van der Waals surface area contributed by atoms with Crippen LogP contribution in [0.5, 0.6) is 0 Å². The molecule has 8 heteroatoms. The fourth-order valence-electron chi connectivity index (χ4n) is 3.05. The summed E-state index contributed by atoms with van der Waals surface area (Å²) < 4.78 is 40.5. The first-order valence-electron chi connectivity index (χ1n) is 8.37. The van der Waals surface area contributed by atoms with Crippen LogP contribution in [0.1, 0.15) is 35.8 Å². The molecule has 1 heterocycles. The SMILES string of the molecule is Cc1nn(-c2ccccc2)c(Cl)c1C(=O)N(CC(F)(F)F)[C@@H](C)C1CC1. The topological polar surface area (TPSA) is 38.1 Å². The van der Waals surface area contributed by atoms with Crippen molar-refractivity contribution in [3.63, 3.8) is 0 Å². The lowest BCUT2D eigenvalue weighted by Crippen LogP contribution is -2.45. The number of hydrogen-bond donors (Lipinski definition) is 0. The van der Waals surface area contributed by atoms with Crippen LogP contribution in [0, 0.1) is 12.8 Å². The van der Waals surface area contributed by atoms with Crippen molar-refractivity contribution >= 4 is 17.5 Å². The van der Waals surface area contributed by atoms with Gasteiger partial charge in [-0.25, -0.2) is 4.68 Å². The number of rotatable bonds is 5. The molecule has 1 aromatic heterocycles. The smallest absolute Gasteiger partial charge is 0.326 e. The van der Waals surface area contributed by atoms with Gasteiger partial charge in [-0.15, -0.1) is 0 Å². The normalized spacial score (nSPS) is 15.8. The van der Waals surface area contributed by atoms with E-state index in [0.717, 1.165) is 17.7 Å². The number of carbonyl (C=O) groups excluding carboxylic acids is 1. The van der Waals surface area contributed by atoms with Gasteiger partial charge in [-0.2, -0.15) is 18.3 Å². The lowest BCUT2D eigenvalue weighted by Gasteiger charge is -2.30. The maximum Gasteiger partial charge on any atom is 0.406 e. The first-order chi connectivity index (χ1) is 12.2. The van der Waals surface area contributed by atoms with Gasteiger partial charge in [0.15, 0.2) is 0 Å². The molecule has 2 aromatic rings. The quantitative estimate of drug-likeness (QED) is 0.752. The standard InChI is InChI=1S/C18H19ClF3N3O/c1-11-15(16(19)25(23-11)14-6-4-3-5-7-14)17(26)24(10-18(20,21)22)12(2)13-8-9-13/h3-7,12-13H,8-10H2,1-2H3/t12-/m0/s1. The average molecular weight is 386 g/mol. The van der Waals surface area contributed by atoms with E-state index >= 15 is 0 Å². The molecular weight excluding hydrogens is 367 g/mol. The predicted molar refractivity (Wildman–Crippen MR) is 92.6 cm³/mol. The van der Waals surface area contributed by atoms with E-state index < -0.39 is 24.7 Å². The Kier molecular flexibility index (Phi) is 5.01. The number of nitrogens with zero attached hydrogens (tertiary/aromatic N) is 3. The van der Waals surface area contributed by atoms with E-state index in [1.54, 1.807) is 38.1 Å². The summed E-state index contributed by atoms with van der Waals surface area (Å²) in [6.45, 7) is 1.94. The Bertz CT molecular complexity index is 800. The Hall–Kier alpha value is -2.02. The van der Waals surface area contributed by atoms with Crippen LogP contribution in [0.15, 0.2) is 30.3 Å². The van der Waals surface area contributed by atoms with Gasteiger partial charge in [-0.3, -0.25) is 4.79 Å². The molecule has 0 bridgehead atoms. The summed E-state index contributed by atoms with van der Waals surface area (Å²) in [6, 6.07) is 8.41. The fraction of sp³-hybridized carbons (Fsp3) is 0.444. The summed E-state index contributed by atoms with van der Waals surface area (Å²) in [6.07, 6.45) is -2.81. The van der Waals surface area contributed by atoms with Crippen molar-refractivity contribution < 1.29 is 18.0 Å². The lowest BCUT2D eigenvalue weighted by molar-refractivity contribution is -0.144. The summed E-state index contributed by atoms with van der Waals surface area (Å²) in [5.41, 5.74) is 0.962. The van der Waals surface area contributed by atoms with Crippen LogP contribution in [0.4, 0.5) is 13.2 Å². The Morgan fingerprint density at radius 3 is 2.50 bits per heavy atom. The second kappa shape index (κ2) is 6.95. The summed E-state index contributed by atoms with van der Waals surface area (Å²) in [5.74, 6) is -0.629. The zero-order valence-corrected chi connectivity index (χ0v) is 15.2. The van der Waals surface area contributed by atoms with Gasteiger partial charge in [-0.1, -0.05) is 29.8 Å². The van der Waals surface area contributed by atoms with Gasteiger partial charge >= 0.3 is 6.18 Å². The highest BCUT2D eigenvalue weighted by Gasteiger charge is 2.42. The molecule has 1 saturated carbocycles. The number of halogens is 4. The van der Waals surface area contributed by atoms with Crippen LogP contribution in [0.25, 0.3) is 5.69 Å². The van der Waals surface area contributed by atoms with Gasteiger partial charge in [0.05, 0.1) is 16.9 Å². The van der Waals surface area contributed by atoms with E-state index in [-0.39, 0.29) is 16.6 Å². The third kappa shape index (κ3) is 3.87. The van der Waals surface area contributed by atoms with Crippen LogP contribution in [-0.2, 0) is 0 Å². The van der Waals surface area contributed by atoms with Crippen molar-refractivity contribution in [3.05, 3.63) is 46.7 Å². The van der Waals surface area contributed by atoms with Crippen LogP contribution in [-0.4, -0.2) is 39.4 Å². The van der Waals surface area contributed by atoms with Gasteiger partial charge < -0.3 is 4.90 Å². The van der Waals surface area contributed by atoms with Crippen LogP contribution < -0.4 is 0 Å². The number of aromatic nitrogens is 2. The zero-order chi connectivity index (χ0) is 19.1. The third-order valence-corrected chi connectivity index (χ3v) is 4.97. The highest BCUT2D eigenvalue weighted by Crippen LogP contribution is 2.37. The van der Waals surface area contributed by atoms with Gasteiger partial charge in [0, 0.05) is 6.04 Å². The first-order valence-corrected chi connectivity index (χ1v) is 8.75. The monoisotopic (exact) mass is 385 g/mol. The minimum absolute atomic E-state index is 0.0206. The van der Waals surface area contributed by atoms with Crippen molar-refractivity contribution in [1.29, 1.82) is 0 Å². The molecule has 0 aliphatic heterocycles. The zero-order valence-electron chi connectivity index (χ0n) is 14.4. The van der Waals surface area contributed by atoms with E-state index in [0.29, 0.717) is 11.4 Å². The van der Waals surface area contributed by atoms with Crippen molar-refractivity contribution in [2.45, 2.75) is 38.9 Å². The number of hydrogen-bond acceptors (Lipinski definition) is 2. The molecule has 1 atom stereocenters. The van der Waals surface area contributed by atoms with Crippen molar-refractivity contribution in [3.8, 4) is 5.69 Å². The molecular formula is C18H19ClF3N3O. The van der Waals surface area contributed by atoms with Crippen LogP contribution >= 0.6 is 11.6 Å². The van der Waals surface area contributed by atoms with E-state index in [1.165, 1.54) is 4.68 Å². The molecule has 4 nitrogen and oxygen atoms in total. The molecule has 1 amide bonds. The van der Waals surface area contributed by atoms with Crippen molar-refractivity contribution in [1.82, 2.24) is 14.7 Å². The fourth-order valence-corrected chi connectivity index (χ4v) is 3.41. The van der Waals surface area contributed by atoms with E-state index in [9.17, 15) is 18.0 Å². The van der Waals surface area contributed by atoms with Crippen molar-refractivity contribution in [2.24, 2.45) is 5.92 Å². The van der Waals surface area contributed by atoms with E-state index in [4.69, 9.17) is 11.6 Å². The molecule has 0 N–H and O–H groups in total. The Labute approximate surface area is 154 Å². The molecule has 1 aliphatic carbocycles. The van der Waals surface area contributed by atoms with Crippen LogP contribution in [0.2, 0.25) is 5.15 Å². The predicted octanol–water partition coefficient (Wildman–Crippen LogP) is 4.64. The number of carbonyl (C=O) groups is 1. The highest BCUT2D eigenvalue weighted by atomic mass is 35.5. The molecule has 140 valence electrons.